The van der Waals surface area contributed by atoms with Gasteiger partial charge in [-0.2, -0.15) is 9.65 Å². The molecule has 2 fully saturated rings. The van der Waals surface area contributed by atoms with E-state index in [4.69, 9.17) is 10.00 Å². The first-order valence-corrected chi connectivity index (χ1v) is 11.8. The van der Waals surface area contributed by atoms with Crippen LogP contribution in [0.15, 0.2) is 48.3 Å². The third kappa shape index (κ3) is 7.06. The van der Waals surface area contributed by atoms with Crippen molar-refractivity contribution in [3.8, 4) is 6.07 Å². The molecule has 0 bridgehead atoms. The molecule has 0 amide bonds. The summed E-state index contributed by atoms with van der Waals surface area (Å²) in [6, 6.07) is 10.5. The summed E-state index contributed by atoms with van der Waals surface area (Å²) >= 11 is 0. The highest BCUT2D eigenvalue weighted by Crippen LogP contribution is 2.37. The number of hydrogen-bond acceptors (Lipinski definition) is 3. The number of carbonyl (C=O) groups is 1. The van der Waals surface area contributed by atoms with E-state index in [1.165, 1.54) is 29.7 Å². The molecule has 166 valence electrons. The van der Waals surface area contributed by atoms with Crippen LogP contribution in [0.2, 0.25) is 0 Å². The first-order valence-electron chi connectivity index (χ1n) is 11.8. The van der Waals surface area contributed by atoms with Gasteiger partial charge in [-0.3, -0.25) is 4.79 Å². The van der Waals surface area contributed by atoms with Crippen molar-refractivity contribution in [2.75, 3.05) is 0 Å². The fourth-order valence-corrected chi connectivity index (χ4v) is 4.90. The molecule has 0 atom stereocenters. The summed E-state index contributed by atoms with van der Waals surface area (Å²) in [7, 11) is 0. The molecule has 1 aromatic rings. The van der Waals surface area contributed by atoms with Gasteiger partial charge in [-0.25, -0.2) is 0 Å². The number of carbonyl (C=O) groups excluding carboxylic acids is 1. The minimum absolute atomic E-state index is 0.00682. The van der Waals surface area contributed by atoms with Gasteiger partial charge in [0.1, 0.15) is 12.2 Å². The largest absolute Gasteiger partial charge is 0.462 e. The number of rotatable bonds is 7. The van der Waals surface area contributed by atoms with Crippen molar-refractivity contribution in [3.05, 3.63) is 59.4 Å². The van der Waals surface area contributed by atoms with Crippen molar-refractivity contribution in [3.63, 3.8) is 0 Å². The summed E-state index contributed by atoms with van der Waals surface area (Å²) in [4.78, 5) is 12.7. The minimum atomic E-state index is -0.776. The topological polar surface area (TPSA) is 50.1 Å². The predicted molar refractivity (Wildman–Crippen MR) is 121 cm³/mol. The average molecular weight is 424 g/mol. The van der Waals surface area contributed by atoms with Crippen LogP contribution in [0.25, 0.3) is 0 Å². The number of halogens is 1. The first-order chi connectivity index (χ1) is 15.1. The maximum absolute atomic E-state index is 12.8. The lowest BCUT2D eigenvalue weighted by Gasteiger charge is -2.31. The summed E-state index contributed by atoms with van der Waals surface area (Å²) in [5.74, 6) is 0.155. The fourth-order valence-electron chi connectivity index (χ4n) is 4.90. The van der Waals surface area contributed by atoms with Gasteiger partial charge in [-0.05, 0) is 86.8 Å². The van der Waals surface area contributed by atoms with E-state index in [1.807, 2.05) is 6.08 Å². The number of nitrogens with zero attached hydrogens (tertiary/aromatic N) is 1. The Kier molecular flexibility index (Phi) is 8.88. The third-order valence-electron chi connectivity index (χ3n) is 6.78. The first kappa shape index (κ1) is 23.3. The number of esters is 1. The van der Waals surface area contributed by atoms with Gasteiger partial charge in [-0.15, -0.1) is 0 Å². The monoisotopic (exact) mass is 423 g/mol. The average Bonchev–Trinajstić information content (AvgIpc) is 2.81. The quantitative estimate of drug-likeness (QED) is 0.271. The van der Waals surface area contributed by atoms with E-state index in [0.29, 0.717) is 11.8 Å². The smallest absolute Gasteiger partial charge is 0.309 e. The SMILES string of the molecule is CCCc1ccc([C@H]2CC[C@H](C(=O)OC3CCC(/C=C/C=C(F)C#N)CC3)CC2)cc1. The lowest BCUT2D eigenvalue weighted by molar-refractivity contribution is -0.157. The van der Waals surface area contributed by atoms with Gasteiger partial charge in [0.2, 0.25) is 0 Å². The van der Waals surface area contributed by atoms with Gasteiger partial charge >= 0.3 is 5.97 Å². The highest BCUT2D eigenvalue weighted by molar-refractivity contribution is 5.72. The molecular weight excluding hydrogens is 389 g/mol. The standard InChI is InChI=1S/C27H34FNO2/c1-2-4-20-7-11-22(12-8-20)23-13-15-24(16-14-23)27(30)31-26-17-9-21(10-18-26)5-3-6-25(28)19-29/h3,5-8,11-12,21,23-24,26H,2,4,9-10,13-18H2,1H3/b5-3+,25-6?/t21?,23-,24-,26?. The molecule has 2 aliphatic carbocycles. The molecule has 0 N–H and O–H groups in total. The number of ether oxygens (including phenoxy) is 1. The van der Waals surface area contributed by atoms with Crippen LogP contribution < -0.4 is 0 Å². The Morgan fingerprint density at radius 3 is 2.39 bits per heavy atom. The van der Waals surface area contributed by atoms with E-state index < -0.39 is 5.83 Å². The molecule has 0 spiro atoms. The van der Waals surface area contributed by atoms with E-state index >= 15 is 0 Å². The van der Waals surface area contributed by atoms with Gasteiger partial charge in [0.15, 0.2) is 5.83 Å². The Hall–Kier alpha value is -2.41. The van der Waals surface area contributed by atoms with Crippen LogP contribution in [-0.4, -0.2) is 12.1 Å². The number of benzene rings is 1. The van der Waals surface area contributed by atoms with Crippen molar-refractivity contribution < 1.29 is 13.9 Å². The lowest BCUT2D eigenvalue weighted by atomic mass is 9.78. The Labute approximate surface area is 186 Å². The zero-order valence-electron chi connectivity index (χ0n) is 18.6. The maximum atomic E-state index is 12.8. The molecule has 2 saturated carbocycles. The molecule has 0 unspecified atom stereocenters. The zero-order valence-corrected chi connectivity index (χ0v) is 18.6. The van der Waals surface area contributed by atoms with Gasteiger partial charge in [0.05, 0.1) is 5.92 Å². The number of hydrogen-bond donors (Lipinski definition) is 0. The van der Waals surface area contributed by atoms with Crippen LogP contribution in [0.3, 0.4) is 0 Å². The van der Waals surface area contributed by atoms with Crippen molar-refractivity contribution >= 4 is 5.97 Å². The van der Waals surface area contributed by atoms with Gasteiger partial charge in [0, 0.05) is 0 Å². The molecule has 0 aliphatic heterocycles. The highest BCUT2D eigenvalue weighted by Gasteiger charge is 2.30. The van der Waals surface area contributed by atoms with Crippen LogP contribution in [0.1, 0.15) is 81.8 Å². The summed E-state index contributed by atoms with van der Waals surface area (Å²) in [5.41, 5.74) is 2.81. The van der Waals surface area contributed by atoms with Crippen LogP contribution >= 0.6 is 0 Å². The van der Waals surface area contributed by atoms with E-state index in [9.17, 15) is 9.18 Å². The van der Waals surface area contributed by atoms with E-state index in [2.05, 4.69) is 31.2 Å². The van der Waals surface area contributed by atoms with Crippen LogP contribution in [0, 0.1) is 23.2 Å². The van der Waals surface area contributed by atoms with E-state index in [-0.39, 0.29) is 18.0 Å². The van der Waals surface area contributed by atoms with Crippen molar-refractivity contribution in [1.29, 1.82) is 5.26 Å². The Bertz CT molecular complexity index is 805. The van der Waals surface area contributed by atoms with Crippen LogP contribution in [0.4, 0.5) is 4.39 Å². The van der Waals surface area contributed by atoms with E-state index in [0.717, 1.165) is 57.8 Å². The number of nitriles is 1. The fraction of sp³-hybridized carbons (Fsp3) is 0.556. The normalized spacial score (nSPS) is 27.1. The molecule has 0 saturated heterocycles. The second-order valence-electron chi connectivity index (χ2n) is 9.03. The minimum Gasteiger partial charge on any atom is -0.462 e. The second-order valence-corrected chi connectivity index (χ2v) is 9.03. The second kappa shape index (κ2) is 11.8. The van der Waals surface area contributed by atoms with Crippen LogP contribution in [0.5, 0.6) is 0 Å². The zero-order chi connectivity index (χ0) is 22.1. The highest BCUT2D eigenvalue weighted by atomic mass is 19.1. The Morgan fingerprint density at radius 2 is 1.77 bits per heavy atom. The number of allylic oxidation sites excluding steroid dienone is 4. The summed E-state index contributed by atoms with van der Waals surface area (Å²) < 4.78 is 18.7. The molecule has 4 heteroatoms. The Balaban J connectivity index is 1.39. The van der Waals surface area contributed by atoms with Gasteiger partial charge < -0.3 is 4.74 Å². The summed E-state index contributed by atoms with van der Waals surface area (Å²) in [6.07, 6.45) is 14.6. The van der Waals surface area contributed by atoms with E-state index in [1.54, 1.807) is 6.08 Å². The van der Waals surface area contributed by atoms with Gasteiger partial charge in [-0.1, -0.05) is 49.8 Å². The maximum Gasteiger partial charge on any atom is 0.309 e. The summed E-state index contributed by atoms with van der Waals surface area (Å²) in [6.45, 7) is 2.20. The van der Waals surface area contributed by atoms with Crippen molar-refractivity contribution in [2.45, 2.75) is 83.2 Å². The molecule has 0 radical (unpaired) electrons. The molecule has 3 rings (SSSR count). The molecular formula is C27H34FNO2. The predicted octanol–water partition coefficient (Wildman–Crippen LogP) is 6.95. The number of aryl methyl sites for hydroxylation is 1. The summed E-state index contributed by atoms with van der Waals surface area (Å²) in [5, 5.41) is 8.42. The third-order valence-corrected chi connectivity index (χ3v) is 6.78. The van der Waals surface area contributed by atoms with Crippen LogP contribution in [-0.2, 0) is 16.0 Å². The van der Waals surface area contributed by atoms with Crippen molar-refractivity contribution in [1.82, 2.24) is 0 Å². The molecule has 3 nitrogen and oxygen atoms in total. The molecule has 0 aromatic heterocycles. The molecule has 31 heavy (non-hydrogen) atoms. The van der Waals surface area contributed by atoms with Gasteiger partial charge in [0.25, 0.3) is 0 Å². The molecule has 2 aliphatic rings. The molecule has 1 aromatic carbocycles. The molecule has 0 heterocycles. The Morgan fingerprint density at radius 1 is 1.10 bits per heavy atom. The lowest BCUT2D eigenvalue weighted by Crippen LogP contribution is -2.29. The van der Waals surface area contributed by atoms with Crippen molar-refractivity contribution in [2.24, 2.45) is 11.8 Å².